The summed E-state index contributed by atoms with van der Waals surface area (Å²) in [6.07, 6.45) is 3.63. The van der Waals surface area contributed by atoms with Gasteiger partial charge in [0, 0.05) is 13.1 Å². The lowest BCUT2D eigenvalue weighted by molar-refractivity contribution is 0.147. The molecule has 1 saturated carbocycles. The minimum Gasteiger partial charge on any atom is -0.379 e. The van der Waals surface area contributed by atoms with Gasteiger partial charge in [0.1, 0.15) is 0 Å². The molecular weight excluding hydrogens is 216 g/mol. The van der Waals surface area contributed by atoms with E-state index in [0.717, 1.165) is 25.7 Å². The number of nitrogens with one attached hydrogen (secondary N) is 1. The standard InChI is InChI=1S/C9H20N2O3S/c10-5-7-14-8-6-11-15(12,13)9-3-1-2-4-9/h9,11H,1-8,10H2. The van der Waals surface area contributed by atoms with Gasteiger partial charge >= 0.3 is 0 Å². The highest BCUT2D eigenvalue weighted by Crippen LogP contribution is 2.23. The summed E-state index contributed by atoms with van der Waals surface area (Å²) in [7, 11) is -3.11. The lowest BCUT2D eigenvalue weighted by atomic mass is 10.4. The number of nitrogens with two attached hydrogens (primary N) is 1. The van der Waals surface area contributed by atoms with Crippen LogP contribution in [-0.4, -0.2) is 40.0 Å². The molecule has 0 spiro atoms. The second-order valence-corrected chi connectivity index (χ2v) is 5.79. The summed E-state index contributed by atoms with van der Waals surface area (Å²) in [5, 5.41) is -0.188. The van der Waals surface area contributed by atoms with E-state index in [-0.39, 0.29) is 5.25 Å². The van der Waals surface area contributed by atoms with Gasteiger partial charge in [0.25, 0.3) is 0 Å². The molecule has 0 aromatic heterocycles. The molecule has 0 saturated heterocycles. The molecule has 0 aromatic carbocycles. The summed E-state index contributed by atoms with van der Waals surface area (Å²) in [5.41, 5.74) is 5.23. The molecule has 5 nitrogen and oxygen atoms in total. The van der Waals surface area contributed by atoms with Crippen LogP contribution in [0.2, 0.25) is 0 Å². The number of sulfonamides is 1. The summed E-state index contributed by atoms with van der Waals surface area (Å²) in [6.45, 7) is 1.68. The zero-order chi connectivity index (χ0) is 11.1. The van der Waals surface area contributed by atoms with Crippen molar-refractivity contribution in [2.24, 2.45) is 5.73 Å². The van der Waals surface area contributed by atoms with Crippen molar-refractivity contribution in [3.8, 4) is 0 Å². The van der Waals surface area contributed by atoms with E-state index in [1.54, 1.807) is 0 Å². The average Bonchev–Trinajstić information content (AvgIpc) is 2.70. The van der Waals surface area contributed by atoms with Crippen molar-refractivity contribution in [3.63, 3.8) is 0 Å². The van der Waals surface area contributed by atoms with Gasteiger partial charge in [-0.25, -0.2) is 13.1 Å². The molecule has 0 atom stereocenters. The molecule has 6 heteroatoms. The van der Waals surface area contributed by atoms with Crippen molar-refractivity contribution in [3.05, 3.63) is 0 Å². The van der Waals surface area contributed by atoms with Crippen LogP contribution >= 0.6 is 0 Å². The van der Waals surface area contributed by atoms with Crippen molar-refractivity contribution >= 4 is 10.0 Å². The second-order valence-electron chi connectivity index (χ2n) is 3.75. The maximum absolute atomic E-state index is 11.7. The Kier molecular flexibility index (Phi) is 5.52. The summed E-state index contributed by atoms with van der Waals surface area (Å²) in [4.78, 5) is 0. The molecule has 90 valence electrons. The first kappa shape index (κ1) is 12.9. The van der Waals surface area contributed by atoms with Crippen LogP contribution in [0.5, 0.6) is 0 Å². The Hall–Kier alpha value is -0.170. The molecule has 1 rings (SSSR count). The number of ether oxygens (including phenoxy) is 1. The third-order valence-corrected chi connectivity index (χ3v) is 4.51. The van der Waals surface area contributed by atoms with Gasteiger partial charge in [-0.2, -0.15) is 0 Å². The monoisotopic (exact) mass is 236 g/mol. The van der Waals surface area contributed by atoms with Crippen molar-refractivity contribution in [2.75, 3.05) is 26.3 Å². The van der Waals surface area contributed by atoms with E-state index in [2.05, 4.69) is 4.72 Å². The van der Waals surface area contributed by atoms with Crippen LogP contribution in [0.4, 0.5) is 0 Å². The van der Waals surface area contributed by atoms with Crippen LogP contribution in [0.15, 0.2) is 0 Å². The average molecular weight is 236 g/mol. The van der Waals surface area contributed by atoms with Crippen LogP contribution < -0.4 is 10.5 Å². The fourth-order valence-electron chi connectivity index (χ4n) is 1.76. The Bertz CT molecular complexity index is 261. The Morgan fingerprint density at radius 2 is 1.93 bits per heavy atom. The Morgan fingerprint density at radius 1 is 1.27 bits per heavy atom. The molecule has 1 aliphatic rings. The molecule has 1 fully saturated rings. The zero-order valence-corrected chi connectivity index (χ0v) is 9.76. The van der Waals surface area contributed by atoms with E-state index in [1.807, 2.05) is 0 Å². The highest BCUT2D eigenvalue weighted by atomic mass is 32.2. The molecule has 0 bridgehead atoms. The second kappa shape index (κ2) is 6.42. The quantitative estimate of drug-likeness (QED) is 0.601. The fraction of sp³-hybridized carbons (Fsp3) is 1.00. The molecule has 0 unspecified atom stereocenters. The molecule has 0 heterocycles. The molecule has 0 amide bonds. The molecule has 0 aliphatic heterocycles. The summed E-state index contributed by atoms with van der Waals surface area (Å²) < 4.78 is 31.0. The first-order valence-electron chi connectivity index (χ1n) is 5.43. The first-order valence-corrected chi connectivity index (χ1v) is 6.98. The van der Waals surface area contributed by atoms with Crippen LogP contribution in [0.3, 0.4) is 0 Å². The van der Waals surface area contributed by atoms with Crippen LogP contribution in [0.25, 0.3) is 0 Å². The van der Waals surface area contributed by atoms with E-state index in [9.17, 15) is 8.42 Å². The van der Waals surface area contributed by atoms with E-state index in [4.69, 9.17) is 10.5 Å². The molecule has 15 heavy (non-hydrogen) atoms. The highest BCUT2D eigenvalue weighted by Gasteiger charge is 2.27. The van der Waals surface area contributed by atoms with Gasteiger partial charge < -0.3 is 10.5 Å². The van der Waals surface area contributed by atoms with Gasteiger partial charge in [0.15, 0.2) is 0 Å². The maximum Gasteiger partial charge on any atom is 0.214 e. The lowest BCUT2D eigenvalue weighted by Crippen LogP contribution is -2.35. The van der Waals surface area contributed by atoms with Crippen molar-refractivity contribution < 1.29 is 13.2 Å². The van der Waals surface area contributed by atoms with Gasteiger partial charge in [0.05, 0.1) is 18.5 Å². The first-order chi connectivity index (χ1) is 7.17. The van der Waals surface area contributed by atoms with Crippen molar-refractivity contribution in [1.29, 1.82) is 0 Å². The SMILES string of the molecule is NCCOCCNS(=O)(=O)C1CCCC1. The Morgan fingerprint density at radius 3 is 2.53 bits per heavy atom. The molecule has 1 aliphatic carbocycles. The Balaban J connectivity index is 2.18. The normalized spacial score (nSPS) is 18.5. The van der Waals surface area contributed by atoms with E-state index >= 15 is 0 Å². The largest absolute Gasteiger partial charge is 0.379 e. The predicted molar refractivity (Wildman–Crippen MR) is 59.1 cm³/mol. The third-order valence-electron chi connectivity index (χ3n) is 2.55. The number of hydrogen-bond donors (Lipinski definition) is 2. The third kappa shape index (κ3) is 4.46. The molecule has 3 N–H and O–H groups in total. The minimum absolute atomic E-state index is 0.188. The van der Waals surface area contributed by atoms with E-state index in [0.29, 0.717) is 26.3 Å². The van der Waals surface area contributed by atoms with Crippen LogP contribution in [-0.2, 0) is 14.8 Å². The minimum atomic E-state index is -3.11. The smallest absolute Gasteiger partial charge is 0.214 e. The van der Waals surface area contributed by atoms with Gasteiger partial charge in [-0.15, -0.1) is 0 Å². The van der Waals surface area contributed by atoms with E-state index < -0.39 is 10.0 Å². The Labute approximate surface area is 91.4 Å². The summed E-state index contributed by atoms with van der Waals surface area (Å²) in [5.74, 6) is 0. The highest BCUT2D eigenvalue weighted by molar-refractivity contribution is 7.90. The van der Waals surface area contributed by atoms with Gasteiger partial charge in [-0.3, -0.25) is 0 Å². The predicted octanol–water partition coefficient (Wildman–Crippen LogP) is -0.176. The topological polar surface area (TPSA) is 81.4 Å². The van der Waals surface area contributed by atoms with Gasteiger partial charge in [0.2, 0.25) is 10.0 Å². The lowest BCUT2D eigenvalue weighted by Gasteiger charge is -2.12. The van der Waals surface area contributed by atoms with Crippen molar-refractivity contribution in [1.82, 2.24) is 4.72 Å². The fourth-order valence-corrected chi connectivity index (χ4v) is 3.32. The summed E-state index contributed by atoms with van der Waals surface area (Å²) >= 11 is 0. The van der Waals surface area contributed by atoms with Gasteiger partial charge in [-0.1, -0.05) is 12.8 Å². The van der Waals surface area contributed by atoms with Crippen LogP contribution in [0, 0.1) is 0 Å². The summed E-state index contributed by atoms with van der Waals surface area (Å²) in [6, 6.07) is 0. The molecular formula is C9H20N2O3S. The van der Waals surface area contributed by atoms with Gasteiger partial charge in [-0.05, 0) is 12.8 Å². The van der Waals surface area contributed by atoms with E-state index in [1.165, 1.54) is 0 Å². The number of hydrogen-bond acceptors (Lipinski definition) is 4. The number of rotatable bonds is 7. The zero-order valence-electron chi connectivity index (χ0n) is 8.94. The van der Waals surface area contributed by atoms with Crippen LogP contribution in [0.1, 0.15) is 25.7 Å². The molecule has 0 aromatic rings. The molecule has 0 radical (unpaired) electrons. The maximum atomic E-state index is 11.7. The van der Waals surface area contributed by atoms with Crippen molar-refractivity contribution in [2.45, 2.75) is 30.9 Å².